The molecule has 0 saturated heterocycles. The Hall–Kier alpha value is -1.84. The van der Waals surface area contributed by atoms with E-state index in [1.165, 1.54) is 5.56 Å². The number of nitrogens with zero attached hydrogens (tertiary/aromatic N) is 1. The SMILES string of the molecule is O=[N+]([O-])C=C1CCc2ccccc2N1. The first-order valence-electron chi connectivity index (χ1n) is 4.45. The van der Waals surface area contributed by atoms with Crippen LogP contribution in [0.4, 0.5) is 5.69 Å². The molecule has 72 valence electrons. The van der Waals surface area contributed by atoms with E-state index in [0.29, 0.717) is 12.1 Å². The number of anilines is 1. The van der Waals surface area contributed by atoms with Crippen molar-refractivity contribution >= 4 is 5.69 Å². The molecule has 0 spiro atoms. The highest BCUT2D eigenvalue weighted by Gasteiger charge is 2.13. The van der Waals surface area contributed by atoms with Gasteiger partial charge in [-0.3, -0.25) is 10.1 Å². The number of hydrogen-bond donors (Lipinski definition) is 1. The van der Waals surface area contributed by atoms with Gasteiger partial charge in [0.15, 0.2) is 0 Å². The van der Waals surface area contributed by atoms with Crippen molar-refractivity contribution in [1.82, 2.24) is 0 Å². The number of hydrogen-bond acceptors (Lipinski definition) is 3. The molecular weight excluding hydrogens is 180 g/mol. The molecule has 2 rings (SSSR count). The fourth-order valence-corrected chi connectivity index (χ4v) is 1.59. The fourth-order valence-electron chi connectivity index (χ4n) is 1.59. The third kappa shape index (κ3) is 1.74. The number of allylic oxidation sites excluding steroid dienone is 1. The maximum absolute atomic E-state index is 10.3. The number of nitrogens with one attached hydrogen (secondary N) is 1. The van der Waals surface area contributed by atoms with Crippen LogP contribution in [0.15, 0.2) is 36.2 Å². The van der Waals surface area contributed by atoms with E-state index in [4.69, 9.17) is 0 Å². The number of aryl methyl sites for hydroxylation is 1. The molecule has 1 aliphatic rings. The molecule has 0 saturated carbocycles. The summed E-state index contributed by atoms with van der Waals surface area (Å²) in [5.41, 5.74) is 2.87. The molecule has 4 heteroatoms. The van der Waals surface area contributed by atoms with E-state index in [9.17, 15) is 10.1 Å². The van der Waals surface area contributed by atoms with Crippen LogP contribution in [0.5, 0.6) is 0 Å². The minimum atomic E-state index is -0.420. The summed E-state index contributed by atoms with van der Waals surface area (Å²) < 4.78 is 0. The van der Waals surface area contributed by atoms with Gasteiger partial charge in [-0.1, -0.05) is 18.2 Å². The highest BCUT2D eigenvalue weighted by Crippen LogP contribution is 2.25. The van der Waals surface area contributed by atoms with Crippen molar-refractivity contribution in [1.29, 1.82) is 0 Å². The van der Waals surface area contributed by atoms with Gasteiger partial charge in [-0.2, -0.15) is 0 Å². The van der Waals surface area contributed by atoms with Gasteiger partial charge >= 0.3 is 0 Å². The van der Waals surface area contributed by atoms with E-state index < -0.39 is 4.92 Å². The van der Waals surface area contributed by atoms with Gasteiger partial charge in [-0.15, -0.1) is 0 Å². The predicted molar refractivity (Wildman–Crippen MR) is 53.5 cm³/mol. The van der Waals surface area contributed by atoms with Gasteiger partial charge in [0.05, 0.1) is 10.6 Å². The fraction of sp³-hybridized carbons (Fsp3) is 0.200. The summed E-state index contributed by atoms with van der Waals surface area (Å²) >= 11 is 0. The lowest BCUT2D eigenvalue weighted by Crippen LogP contribution is -2.11. The monoisotopic (exact) mass is 190 g/mol. The normalized spacial score (nSPS) is 17.3. The summed E-state index contributed by atoms with van der Waals surface area (Å²) in [6, 6.07) is 7.86. The van der Waals surface area contributed by atoms with E-state index in [0.717, 1.165) is 18.3 Å². The van der Waals surface area contributed by atoms with Crippen molar-refractivity contribution in [2.45, 2.75) is 12.8 Å². The molecule has 0 aliphatic carbocycles. The van der Waals surface area contributed by atoms with Crippen LogP contribution >= 0.6 is 0 Å². The van der Waals surface area contributed by atoms with Crippen LogP contribution in [-0.4, -0.2) is 4.92 Å². The Kier molecular flexibility index (Phi) is 2.18. The van der Waals surface area contributed by atoms with Crippen molar-refractivity contribution in [3.8, 4) is 0 Å². The van der Waals surface area contributed by atoms with E-state index in [2.05, 4.69) is 5.32 Å². The highest BCUT2D eigenvalue weighted by molar-refractivity contribution is 5.57. The van der Waals surface area contributed by atoms with Crippen LogP contribution in [0.25, 0.3) is 0 Å². The van der Waals surface area contributed by atoms with Gasteiger partial charge in [0.1, 0.15) is 0 Å². The Labute approximate surface area is 81.4 Å². The van der Waals surface area contributed by atoms with Gasteiger partial charge in [0, 0.05) is 5.69 Å². The van der Waals surface area contributed by atoms with Gasteiger partial charge in [-0.05, 0) is 24.5 Å². The summed E-state index contributed by atoms with van der Waals surface area (Å²) in [5.74, 6) is 0. The minimum Gasteiger partial charge on any atom is -0.354 e. The molecule has 14 heavy (non-hydrogen) atoms. The van der Waals surface area contributed by atoms with Crippen LogP contribution in [0.3, 0.4) is 0 Å². The molecule has 1 aromatic carbocycles. The van der Waals surface area contributed by atoms with E-state index in [-0.39, 0.29) is 0 Å². The average molecular weight is 190 g/mol. The Bertz CT molecular complexity index is 399. The molecule has 1 heterocycles. The summed E-state index contributed by atoms with van der Waals surface area (Å²) in [6.45, 7) is 0. The average Bonchev–Trinajstić information content (AvgIpc) is 2.17. The molecule has 0 unspecified atom stereocenters. The third-order valence-electron chi connectivity index (χ3n) is 2.24. The van der Waals surface area contributed by atoms with Gasteiger partial charge in [0.25, 0.3) is 6.20 Å². The topological polar surface area (TPSA) is 55.2 Å². The smallest absolute Gasteiger partial charge is 0.253 e. The maximum Gasteiger partial charge on any atom is 0.253 e. The second-order valence-corrected chi connectivity index (χ2v) is 3.22. The quantitative estimate of drug-likeness (QED) is 0.545. The Morgan fingerprint density at radius 3 is 2.93 bits per heavy atom. The first kappa shape index (κ1) is 8.74. The molecule has 1 aromatic rings. The number of benzene rings is 1. The zero-order valence-electron chi connectivity index (χ0n) is 7.56. The molecule has 0 atom stereocenters. The molecule has 4 nitrogen and oxygen atoms in total. The minimum absolute atomic E-state index is 0.420. The van der Waals surface area contributed by atoms with Crippen LogP contribution in [0, 0.1) is 10.1 Å². The molecular formula is C10H10N2O2. The van der Waals surface area contributed by atoms with Crippen LogP contribution in [0.2, 0.25) is 0 Å². The lowest BCUT2D eigenvalue weighted by Gasteiger charge is -2.18. The molecule has 1 aliphatic heterocycles. The number of nitro groups is 1. The molecule has 0 amide bonds. The van der Waals surface area contributed by atoms with Crippen LogP contribution < -0.4 is 5.32 Å². The van der Waals surface area contributed by atoms with Crippen molar-refractivity contribution in [3.63, 3.8) is 0 Å². The molecule has 0 bridgehead atoms. The number of rotatable bonds is 1. The summed E-state index contributed by atoms with van der Waals surface area (Å²) in [7, 11) is 0. The van der Waals surface area contributed by atoms with Crippen LogP contribution in [0.1, 0.15) is 12.0 Å². The predicted octanol–water partition coefficient (Wildman–Crippen LogP) is 2.16. The van der Waals surface area contributed by atoms with Crippen molar-refractivity contribution in [2.24, 2.45) is 0 Å². The van der Waals surface area contributed by atoms with Crippen molar-refractivity contribution < 1.29 is 4.92 Å². The molecule has 0 aromatic heterocycles. The van der Waals surface area contributed by atoms with Crippen molar-refractivity contribution in [2.75, 3.05) is 5.32 Å². The first-order valence-corrected chi connectivity index (χ1v) is 4.45. The number of para-hydroxylation sites is 1. The zero-order valence-corrected chi connectivity index (χ0v) is 7.56. The maximum atomic E-state index is 10.3. The molecule has 1 N–H and O–H groups in total. The van der Waals surface area contributed by atoms with E-state index >= 15 is 0 Å². The first-order chi connectivity index (χ1) is 6.75. The summed E-state index contributed by atoms with van der Waals surface area (Å²) in [5, 5.41) is 13.3. The summed E-state index contributed by atoms with van der Waals surface area (Å²) in [4.78, 5) is 9.85. The van der Waals surface area contributed by atoms with E-state index in [1.54, 1.807) is 0 Å². The zero-order chi connectivity index (χ0) is 9.97. The second-order valence-electron chi connectivity index (χ2n) is 3.22. The summed E-state index contributed by atoms with van der Waals surface area (Å²) in [6.07, 6.45) is 2.61. The second kappa shape index (κ2) is 3.49. The largest absolute Gasteiger partial charge is 0.354 e. The number of fused-ring (bicyclic) bond motifs is 1. The van der Waals surface area contributed by atoms with Crippen LogP contribution in [-0.2, 0) is 6.42 Å². The standard InChI is InChI=1S/C10H10N2O2/c13-12(14)7-9-6-5-8-3-1-2-4-10(8)11-9/h1-4,7,11H,5-6H2. The Morgan fingerprint density at radius 2 is 2.14 bits per heavy atom. The highest BCUT2D eigenvalue weighted by atomic mass is 16.6. The Morgan fingerprint density at radius 1 is 1.36 bits per heavy atom. The lowest BCUT2D eigenvalue weighted by atomic mass is 10.0. The lowest BCUT2D eigenvalue weighted by molar-refractivity contribution is -0.403. The third-order valence-corrected chi connectivity index (χ3v) is 2.24. The Balaban J connectivity index is 2.25. The molecule has 0 fully saturated rings. The van der Waals surface area contributed by atoms with E-state index in [1.807, 2.05) is 24.3 Å². The van der Waals surface area contributed by atoms with Crippen molar-refractivity contribution in [3.05, 3.63) is 51.8 Å². The van der Waals surface area contributed by atoms with Gasteiger partial charge in [-0.25, -0.2) is 0 Å². The molecule has 0 radical (unpaired) electrons. The van der Waals surface area contributed by atoms with Gasteiger partial charge in [0.2, 0.25) is 0 Å². The van der Waals surface area contributed by atoms with Gasteiger partial charge < -0.3 is 5.32 Å².